The summed E-state index contributed by atoms with van der Waals surface area (Å²) in [5, 5.41) is 15.3. The fourth-order valence-corrected chi connectivity index (χ4v) is 3.70. The van der Waals surface area contributed by atoms with Crippen molar-refractivity contribution in [3.8, 4) is 0 Å². The number of thioether (sulfide) groups is 1. The van der Waals surface area contributed by atoms with Crippen LogP contribution in [-0.2, 0) is 0 Å². The van der Waals surface area contributed by atoms with Gasteiger partial charge in [-0.3, -0.25) is 10.1 Å². The molecular weight excluding hydrogens is 276 g/mol. The van der Waals surface area contributed by atoms with Crippen LogP contribution in [0.3, 0.4) is 0 Å². The molecule has 0 saturated heterocycles. The molecule has 0 aliphatic carbocycles. The van der Waals surface area contributed by atoms with Crippen molar-refractivity contribution in [2.75, 3.05) is 11.5 Å². The lowest BCUT2D eigenvalue weighted by Gasteiger charge is -2.25. The number of rotatable bonds is 2. The van der Waals surface area contributed by atoms with E-state index < -0.39 is 4.92 Å². The summed E-state index contributed by atoms with van der Waals surface area (Å²) >= 11 is 1.79. The molecule has 1 unspecified atom stereocenters. The Bertz CT molecular complexity index is 683. The molecule has 6 nitrogen and oxygen atoms in total. The molecular formula is C13H14N4O2S. The van der Waals surface area contributed by atoms with E-state index in [-0.39, 0.29) is 17.5 Å². The van der Waals surface area contributed by atoms with Crippen LogP contribution in [0.4, 0.5) is 11.5 Å². The van der Waals surface area contributed by atoms with Crippen molar-refractivity contribution < 1.29 is 4.92 Å². The maximum Gasteiger partial charge on any atom is 0.333 e. The van der Waals surface area contributed by atoms with Crippen LogP contribution < -0.4 is 5.73 Å². The molecule has 20 heavy (non-hydrogen) atoms. The van der Waals surface area contributed by atoms with Crippen LogP contribution in [0.25, 0.3) is 0 Å². The molecule has 104 valence electrons. The molecule has 1 aliphatic heterocycles. The lowest BCUT2D eigenvalue weighted by atomic mass is 10.0. The van der Waals surface area contributed by atoms with Gasteiger partial charge in [0.1, 0.15) is 5.69 Å². The first-order valence-electron chi connectivity index (χ1n) is 6.30. The Balaban J connectivity index is 2.12. The van der Waals surface area contributed by atoms with Crippen LogP contribution >= 0.6 is 11.8 Å². The summed E-state index contributed by atoms with van der Waals surface area (Å²) in [5.74, 6) is 1.09. The minimum Gasteiger partial charge on any atom is -0.378 e. The summed E-state index contributed by atoms with van der Waals surface area (Å²) in [7, 11) is 0. The van der Waals surface area contributed by atoms with Gasteiger partial charge in [0.25, 0.3) is 0 Å². The monoisotopic (exact) mass is 290 g/mol. The van der Waals surface area contributed by atoms with Crippen molar-refractivity contribution in [3.63, 3.8) is 0 Å². The molecule has 1 aliphatic rings. The largest absolute Gasteiger partial charge is 0.378 e. The Morgan fingerprint density at radius 1 is 1.50 bits per heavy atom. The lowest BCUT2D eigenvalue weighted by molar-refractivity contribution is -0.384. The predicted molar refractivity (Wildman–Crippen MR) is 78.0 cm³/mol. The molecule has 1 aromatic carbocycles. The summed E-state index contributed by atoms with van der Waals surface area (Å²) in [5.41, 5.74) is 7.36. The number of aromatic nitrogens is 2. The van der Waals surface area contributed by atoms with Crippen LogP contribution in [0, 0.1) is 17.0 Å². The Labute approximate surface area is 120 Å². The third kappa shape index (κ3) is 1.94. The van der Waals surface area contributed by atoms with Crippen LogP contribution in [0.5, 0.6) is 0 Å². The highest BCUT2D eigenvalue weighted by atomic mass is 32.2. The summed E-state index contributed by atoms with van der Waals surface area (Å²) in [6.07, 6.45) is 0.865. The number of hydrogen-bond donors (Lipinski definition) is 1. The Morgan fingerprint density at radius 3 is 2.95 bits per heavy atom. The molecule has 2 aromatic rings. The topological polar surface area (TPSA) is 87.0 Å². The third-order valence-corrected chi connectivity index (χ3v) is 4.62. The summed E-state index contributed by atoms with van der Waals surface area (Å²) in [4.78, 5) is 11.8. The number of nitrogen functional groups attached to an aromatic ring is 1. The van der Waals surface area contributed by atoms with Crippen LogP contribution in [0.2, 0.25) is 0 Å². The van der Waals surface area contributed by atoms with Gasteiger partial charge in [-0.2, -0.15) is 5.10 Å². The van der Waals surface area contributed by atoms with Gasteiger partial charge in [0, 0.05) is 10.6 Å². The van der Waals surface area contributed by atoms with E-state index in [2.05, 4.69) is 11.2 Å². The van der Waals surface area contributed by atoms with Crippen molar-refractivity contribution in [1.82, 2.24) is 9.78 Å². The van der Waals surface area contributed by atoms with E-state index in [1.54, 1.807) is 23.4 Å². The fraction of sp³-hybridized carbons (Fsp3) is 0.308. The minimum absolute atomic E-state index is 0.0279. The molecule has 0 spiro atoms. The third-order valence-electron chi connectivity index (χ3n) is 3.49. The van der Waals surface area contributed by atoms with Crippen molar-refractivity contribution in [1.29, 1.82) is 0 Å². The number of benzene rings is 1. The van der Waals surface area contributed by atoms with E-state index >= 15 is 0 Å². The van der Waals surface area contributed by atoms with E-state index in [9.17, 15) is 10.1 Å². The maximum absolute atomic E-state index is 11.1. The highest BCUT2D eigenvalue weighted by molar-refractivity contribution is 7.99. The number of hydrogen-bond acceptors (Lipinski definition) is 5. The first kappa shape index (κ1) is 13.0. The van der Waals surface area contributed by atoms with Crippen molar-refractivity contribution in [2.45, 2.75) is 24.3 Å². The predicted octanol–water partition coefficient (Wildman–Crippen LogP) is 2.77. The number of nitro groups is 1. The molecule has 0 saturated carbocycles. The average Bonchev–Trinajstić information content (AvgIpc) is 2.73. The van der Waals surface area contributed by atoms with E-state index in [0.717, 1.165) is 17.7 Å². The second kappa shape index (κ2) is 4.82. The minimum atomic E-state index is -0.461. The molecule has 1 atom stereocenters. The van der Waals surface area contributed by atoms with Crippen LogP contribution in [0.1, 0.15) is 23.7 Å². The number of nitrogens with zero attached hydrogens (tertiary/aromatic N) is 3. The number of aryl methyl sites for hydroxylation is 1. The molecule has 0 amide bonds. The van der Waals surface area contributed by atoms with Crippen LogP contribution in [-0.4, -0.2) is 20.5 Å². The first-order chi connectivity index (χ1) is 9.59. The Hall–Kier alpha value is -2.02. The van der Waals surface area contributed by atoms with Gasteiger partial charge < -0.3 is 5.73 Å². The van der Waals surface area contributed by atoms with E-state index in [0.29, 0.717) is 5.69 Å². The second-order valence-corrected chi connectivity index (χ2v) is 5.85. The highest BCUT2D eigenvalue weighted by Crippen LogP contribution is 2.40. The van der Waals surface area contributed by atoms with E-state index in [1.807, 2.05) is 18.2 Å². The van der Waals surface area contributed by atoms with Gasteiger partial charge in [-0.25, -0.2) is 4.68 Å². The Morgan fingerprint density at radius 2 is 2.25 bits per heavy atom. The fourth-order valence-electron chi connectivity index (χ4n) is 2.60. The summed E-state index contributed by atoms with van der Waals surface area (Å²) in [6.45, 7) is 1.62. The van der Waals surface area contributed by atoms with Crippen molar-refractivity contribution in [2.24, 2.45) is 0 Å². The molecule has 2 N–H and O–H groups in total. The van der Waals surface area contributed by atoms with Gasteiger partial charge >= 0.3 is 5.69 Å². The number of nitrogens with two attached hydrogens (primary N) is 1. The van der Waals surface area contributed by atoms with E-state index in [1.165, 1.54) is 4.90 Å². The number of fused-ring (bicyclic) bond motifs is 1. The second-order valence-electron chi connectivity index (χ2n) is 4.71. The lowest BCUT2D eigenvalue weighted by Crippen LogP contribution is -2.19. The van der Waals surface area contributed by atoms with Gasteiger partial charge in [-0.15, -0.1) is 11.8 Å². The van der Waals surface area contributed by atoms with Gasteiger partial charge in [0.05, 0.1) is 11.0 Å². The molecule has 0 radical (unpaired) electrons. The first-order valence-corrected chi connectivity index (χ1v) is 7.29. The SMILES string of the molecule is Cc1nn(C2CCSc3ccccc32)c(N)c1[N+](=O)[O-]. The van der Waals surface area contributed by atoms with Gasteiger partial charge in [0.2, 0.25) is 5.82 Å². The maximum atomic E-state index is 11.1. The zero-order valence-corrected chi connectivity index (χ0v) is 11.8. The van der Waals surface area contributed by atoms with Gasteiger partial charge in [0.15, 0.2) is 0 Å². The molecule has 0 bridgehead atoms. The molecule has 2 heterocycles. The average molecular weight is 290 g/mol. The zero-order valence-electron chi connectivity index (χ0n) is 10.9. The zero-order chi connectivity index (χ0) is 14.3. The summed E-state index contributed by atoms with van der Waals surface area (Å²) in [6, 6.07) is 8.04. The van der Waals surface area contributed by atoms with Crippen LogP contribution in [0.15, 0.2) is 29.2 Å². The van der Waals surface area contributed by atoms with E-state index in [4.69, 9.17) is 5.73 Å². The van der Waals surface area contributed by atoms with Gasteiger partial charge in [-0.05, 0) is 25.0 Å². The number of anilines is 1. The summed E-state index contributed by atoms with van der Waals surface area (Å²) < 4.78 is 1.60. The van der Waals surface area contributed by atoms with Crippen molar-refractivity contribution in [3.05, 3.63) is 45.6 Å². The molecule has 0 fully saturated rings. The smallest absolute Gasteiger partial charge is 0.333 e. The molecule has 1 aromatic heterocycles. The standard InChI is InChI=1S/C13H14N4O2S/c1-8-12(17(18)19)13(14)16(15-8)10-6-7-20-11-5-3-2-4-9(10)11/h2-5,10H,6-7,14H2,1H3. The molecule has 7 heteroatoms. The normalized spacial score (nSPS) is 17.8. The molecule has 3 rings (SSSR count). The quantitative estimate of drug-likeness (QED) is 0.678. The highest BCUT2D eigenvalue weighted by Gasteiger charge is 2.30. The van der Waals surface area contributed by atoms with Crippen molar-refractivity contribution >= 4 is 23.3 Å². The Kier molecular flexibility index (Phi) is 3.13. The van der Waals surface area contributed by atoms with Gasteiger partial charge in [-0.1, -0.05) is 18.2 Å².